The Labute approximate surface area is 200 Å². The molecule has 170 valence electrons. The summed E-state index contributed by atoms with van der Waals surface area (Å²) in [6.07, 6.45) is 2.99. The van der Waals surface area contributed by atoms with Gasteiger partial charge in [0.15, 0.2) is 17.4 Å². The molecule has 0 radical (unpaired) electrons. The Morgan fingerprint density at radius 1 is 1.06 bits per heavy atom. The normalized spacial score (nSPS) is 20.2. The largest absolute Gasteiger partial charge is 0.378 e. The summed E-state index contributed by atoms with van der Waals surface area (Å²) >= 11 is 1.55. The third-order valence-corrected chi connectivity index (χ3v) is 7.41. The first-order valence-electron chi connectivity index (χ1n) is 11.2. The third-order valence-electron chi connectivity index (χ3n) is 6.23. The van der Waals surface area contributed by atoms with Gasteiger partial charge in [0.25, 0.3) is 0 Å². The van der Waals surface area contributed by atoms with Gasteiger partial charge in [-0.25, -0.2) is 24.9 Å². The van der Waals surface area contributed by atoms with Crippen LogP contribution in [0.4, 0.5) is 5.82 Å². The number of hydrogen-bond acceptors (Lipinski definition) is 9. The van der Waals surface area contributed by atoms with Crippen molar-refractivity contribution >= 4 is 50.5 Å². The molecule has 5 heterocycles. The number of rotatable bonds is 3. The molecule has 8 nitrogen and oxygen atoms in total. The molecule has 0 saturated carbocycles. The Bertz CT molecular complexity index is 1430. The average molecular weight is 471 g/mol. The molecular formula is C25H22N6O2S. The number of benzene rings is 1. The molecule has 34 heavy (non-hydrogen) atoms. The number of allylic oxidation sites excluding steroid dienone is 1. The maximum atomic E-state index is 12.3. The highest BCUT2D eigenvalue weighted by atomic mass is 32.1. The number of fused-ring (bicyclic) bond motifs is 2. The van der Waals surface area contributed by atoms with Crippen molar-refractivity contribution in [1.29, 1.82) is 0 Å². The van der Waals surface area contributed by atoms with Crippen LogP contribution in [0.5, 0.6) is 0 Å². The van der Waals surface area contributed by atoms with Crippen LogP contribution in [0.1, 0.15) is 17.4 Å². The van der Waals surface area contributed by atoms with Crippen molar-refractivity contribution in [2.75, 3.05) is 31.2 Å². The lowest BCUT2D eigenvalue weighted by molar-refractivity contribution is -0.115. The number of ether oxygens (including phenoxy) is 1. The first-order chi connectivity index (χ1) is 16.6. The van der Waals surface area contributed by atoms with E-state index in [2.05, 4.69) is 21.8 Å². The number of aliphatic imine (C=N–C) groups is 3. The van der Waals surface area contributed by atoms with Crippen LogP contribution in [-0.4, -0.2) is 59.4 Å². The van der Waals surface area contributed by atoms with E-state index in [0.29, 0.717) is 36.4 Å². The van der Waals surface area contributed by atoms with Gasteiger partial charge in [0, 0.05) is 36.6 Å². The molecule has 0 aliphatic carbocycles. The molecule has 0 spiro atoms. The molecule has 1 unspecified atom stereocenters. The lowest BCUT2D eigenvalue weighted by atomic mass is 9.95. The topological polar surface area (TPSA) is 92.4 Å². The average Bonchev–Trinajstić information content (AvgIpc) is 3.21. The van der Waals surface area contributed by atoms with E-state index in [4.69, 9.17) is 19.7 Å². The minimum atomic E-state index is -0.489. The number of thiophene rings is 1. The van der Waals surface area contributed by atoms with E-state index in [1.807, 2.05) is 37.3 Å². The second-order valence-corrected chi connectivity index (χ2v) is 9.40. The van der Waals surface area contributed by atoms with Gasteiger partial charge in [-0.1, -0.05) is 30.3 Å². The number of anilines is 1. The molecule has 9 heteroatoms. The summed E-state index contributed by atoms with van der Waals surface area (Å²) < 4.78 is 5.58. The number of ketones is 1. The van der Waals surface area contributed by atoms with Crippen LogP contribution in [-0.2, 0) is 9.53 Å². The van der Waals surface area contributed by atoms with Crippen LogP contribution in [0, 0.1) is 12.8 Å². The van der Waals surface area contributed by atoms with Crippen LogP contribution in [0.3, 0.4) is 0 Å². The number of morpholine rings is 1. The number of aromatic nitrogens is 2. The van der Waals surface area contributed by atoms with Gasteiger partial charge in [0.05, 0.1) is 23.5 Å². The molecule has 1 saturated heterocycles. The van der Waals surface area contributed by atoms with E-state index >= 15 is 0 Å². The number of aryl methyl sites for hydroxylation is 1. The van der Waals surface area contributed by atoms with E-state index in [-0.39, 0.29) is 5.78 Å². The molecule has 3 aliphatic heterocycles. The van der Waals surface area contributed by atoms with Gasteiger partial charge >= 0.3 is 0 Å². The molecule has 0 amide bonds. The summed E-state index contributed by atoms with van der Waals surface area (Å²) in [5.74, 6) is 2.16. The van der Waals surface area contributed by atoms with Crippen molar-refractivity contribution < 1.29 is 9.53 Å². The van der Waals surface area contributed by atoms with E-state index in [9.17, 15) is 4.79 Å². The Hall–Kier alpha value is -3.56. The quantitative estimate of drug-likeness (QED) is 0.580. The van der Waals surface area contributed by atoms with Gasteiger partial charge in [-0.15, -0.1) is 11.3 Å². The SMILES string of the molecule is CC1=NC(c2sc3nc(-c4ccccc4)nc(N4CCOCC4)c3c2C)=NC2=NC=CC(=O)C12. The molecular weight excluding hydrogens is 448 g/mol. The lowest BCUT2D eigenvalue weighted by Crippen LogP contribution is -2.37. The van der Waals surface area contributed by atoms with Crippen LogP contribution < -0.4 is 4.90 Å². The number of hydrogen-bond donors (Lipinski definition) is 0. The maximum Gasteiger partial charge on any atom is 0.173 e. The molecule has 3 aromatic rings. The van der Waals surface area contributed by atoms with Crippen molar-refractivity contribution in [3.63, 3.8) is 0 Å². The standard InChI is InChI=1S/C25H22N6O2S/c1-14-18-24(31-10-12-33-13-11-31)29-21(16-6-4-3-5-7-16)30-25(18)34-20(14)23-27-15(2)19-17(32)8-9-26-22(19)28-23/h3-9,19H,10-13H2,1-2H3. The molecule has 1 atom stereocenters. The van der Waals surface area contributed by atoms with Crippen molar-refractivity contribution in [2.24, 2.45) is 20.9 Å². The summed E-state index contributed by atoms with van der Waals surface area (Å²) in [6.45, 7) is 6.81. The second kappa shape index (κ2) is 8.34. The summed E-state index contributed by atoms with van der Waals surface area (Å²) in [6, 6.07) is 10.0. The first kappa shape index (κ1) is 21.0. The van der Waals surface area contributed by atoms with E-state index in [1.165, 1.54) is 12.3 Å². The van der Waals surface area contributed by atoms with Crippen molar-refractivity contribution in [2.45, 2.75) is 13.8 Å². The van der Waals surface area contributed by atoms with Crippen molar-refractivity contribution in [3.8, 4) is 11.4 Å². The smallest absolute Gasteiger partial charge is 0.173 e. The predicted molar refractivity (Wildman–Crippen MR) is 135 cm³/mol. The van der Waals surface area contributed by atoms with Crippen molar-refractivity contribution in [3.05, 3.63) is 53.0 Å². The monoisotopic (exact) mass is 470 g/mol. The molecule has 3 aliphatic rings. The Kier molecular flexibility index (Phi) is 5.15. The van der Waals surface area contributed by atoms with E-state index < -0.39 is 5.92 Å². The van der Waals surface area contributed by atoms with Crippen LogP contribution in [0.2, 0.25) is 0 Å². The van der Waals surface area contributed by atoms with E-state index in [1.54, 1.807) is 11.3 Å². The Morgan fingerprint density at radius 3 is 2.65 bits per heavy atom. The van der Waals surface area contributed by atoms with Gasteiger partial charge < -0.3 is 9.64 Å². The summed E-state index contributed by atoms with van der Waals surface area (Å²) in [5.41, 5.74) is 2.72. The Balaban J connectivity index is 1.54. The summed E-state index contributed by atoms with van der Waals surface area (Å²) in [5, 5.41) is 1.01. The fraction of sp³-hybridized carbons (Fsp3) is 0.280. The first-order valence-corrected chi connectivity index (χ1v) is 12.0. The highest BCUT2D eigenvalue weighted by molar-refractivity contribution is 7.20. The van der Waals surface area contributed by atoms with Gasteiger partial charge in [-0.2, -0.15) is 0 Å². The van der Waals surface area contributed by atoms with Crippen LogP contribution in [0.15, 0.2) is 57.6 Å². The van der Waals surface area contributed by atoms with Crippen LogP contribution in [0.25, 0.3) is 21.6 Å². The van der Waals surface area contributed by atoms with Gasteiger partial charge in [0.2, 0.25) is 0 Å². The second-order valence-electron chi connectivity index (χ2n) is 8.40. The zero-order valence-electron chi connectivity index (χ0n) is 18.9. The third kappa shape index (κ3) is 3.48. The van der Waals surface area contributed by atoms with Gasteiger partial charge in [-0.05, 0) is 19.4 Å². The van der Waals surface area contributed by atoms with Gasteiger partial charge in [-0.3, -0.25) is 4.79 Å². The number of carbonyl (C=O) groups is 1. The number of nitrogens with zero attached hydrogens (tertiary/aromatic N) is 6. The zero-order chi connectivity index (χ0) is 23.2. The summed E-state index contributed by atoms with van der Waals surface area (Å²) in [4.78, 5) is 40.1. The lowest BCUT2D eigenvalue weighted by Gasteiger charge is -2.28. The fourth-order valence-corrected chi connectivity index (χ4v) is 5.60. The highest BCUT2D eigenvalue weighted by Crippen LogP contribution is 2.38. The molecule has 1 aromatic carbocycles. The summed E-state index contributed by atoms with van der Waals surface area (Å²) in [7, 11) is 0. The zero-order valence-corrected chi connectivity index (χ0v) is 19.7. The fourth-order valence-electron chi connectivity index (χ4n) is 4.49. The maximum absolute atomic E-state index is 12.3. The molecule has 1 fully saturated rings. The molecule has 0 bridgehead atoms. The van der Waals surface area contributed by atoms with Crippen molar-refractivity contribution in [1.82, 2.24) is 9.97 Å². The minimum absolute atomic E-state index is 0.0323. The van der Waals surface area contributed by atoms with E-state index in [0.717, 1.165) is 45.1 Å². The number of amidine groups is 2. The molecule has 2 aromatic heterocycles. The minimum Gasteiger partial charge on any atom is -0.378 e. The predicted octanol–water partition coefficient (Wildman–Crippen LogP) is 3.84. The number of carbonyl (C=O) groups excluding carboxylic acids is 1. The van der Waals surface area contributed by atoms with Gasteiger partial charge in [0.1, 0.15) is 22.4 Å². The Morgan fingerprint density at radius 2 is 1.85 bits per heavy atom. The molecule has 0 N–H and O–H groups in total. The van der Waals surface area contributed by atoms with Crippen LogP contribution >= 0.6 is 11.3 Å². The molecule has 6 rings (SSSR count). The highest BCUT2D eigenvalue weighted by Gasteiger charge is 2.33.